The zero-order valence-electron chi connectivity index (χ0n) is 14.4. The zero-order valence-corrected chi connectivity index (χ0v) is 14.4. The Hall–Kier alpha value is -1.71. The molecule has 0 aromatic heterocycles. The van der Waals surface area contributed by atoms with Crippen LogP contribution in [0.15, 0.2) is 24.3 Å². The molecule has 1 atom stereocenters. The van der Waals surface area contributed by atoms with E-state index in [0.29, 0.717) is 5.92 Å². The molecule has 1 aromatic rings. The molecule has 0 saturated carbocycles. The molecule has 2 saturated heterocycles. The summed E-state index contributed by atoms with van der Waals surface area (Å²) in [7, 11) is 0. The average molecular weight is 315 g/mol. The molecule has 0 radical (unpaired) electrons. The lowest BCUT2D eigenvalue weighted by Crippen LogP contribution is -2.45. The summed E-state index contributed by atoms with van der Waals surface area (Å²) in [5.41, 5.74) is 2.60. The smallest absolute Gasteiger partial charge is 0.317 e. The number of hydrogen-bond donors (Lipinski definition) is 1. The molecule has 4 heteroatoms. The van der Waals surface area contributed by atoms with Crippen LogP contribution < -0.4 is 10.2 Å². The van der Waals surface area contributed by atoms with E-state index in [0.717, 1.165) is 57.9 Å². The number of piperidine rings is 1. The van der Waals surface area contributed by atoms with E-state index in [4.69, 9.17) is 0 Å². The van der Waals surface area contributed by atoms with Crippen molar-refractivity contribution in [2.24, 2.45) is 11.8 Å². The van der Waals surface area contributed by atoms with Crippen LogP contribution in [-0.4, -0.2) is 43.7 Å². The third kappa shape index (κ3) is 4.18. The van der Waals surface area contributed by atoms with Gasteiger partial charge in [-0.1, -0.05) is 24.6 Å². The maximum Gasteiger partial charge on any atom is 0.317 e. The lowest BCUT2D eigenvalue weighted by molar-refractivity contribution is 0.173. The first-order valence-corrected chi connectivity index (χ1v) is 8.96. The lowest BCUT2D eigenvalue weighted by atomic mass is 10.00. The summed E-state index contributed by atoms with van der Waals surface area (Å²) in [5, 5.41) is 3.15. The molecule has 126 valence electrons. The van der Waals surface area contributed by atoms with Gasteiger partial charge >= 0.3 is 6.03 Å². The molecule has 0 aliphatic carbocycles. The summed E-state index contributed by atoms with van der Waals surface area (Å²) in [6, 6.07) is 8.87. The van der Waals surface area contributed by atoms with E-state index in [-0.39, 0.29) is 6.03 Å². The number of anilines is 1. The van der Waals surface area contributed by atoms with Crippen molar-refractivity contribution < 1.29 is 4.79 Å². The molecule has 2 amide bonds. The van der Waals surface area contributed by atoms with Crippen LogP contribution in [0.2, 0.25) is 0 Å². The van der Waals surface area contributed by atoms with Gasteiger partial charge in [0.1, 0.15) is 0 Å². The summed E-state index contributed by atoms with van der Waals surface area (Å²) in [6.07, 6.45) is 3.43. The molecule has 4 nitrogen and oxygen atoms in total. The van der Waals surface area contributed by atoms with Gasteiger partial charge in [0.15, 0.2) is 0 Å². The van der Waals surface area contributed by atoms with Crippen molar-refractivity contribution >= 4 is 11.7 Å². The van der Waals surface area contributed by atoms with Crippen LogP contribution in [0.3, 0.4) is 0 Å². The van der Waals surface area contributed by atoms with Gasteiger partial charge in [-0.15, -0.1) is 0 Å². The standard InChI is InChI=1S/C19H29N3O/c1-15-3-5-18(6-4-15)22-12-9-17(14-22)13-20-19(23)21-10-7-16(2)8-11-21/h3-6,16-17H,7-14H2,1-2H3,(H,20,23). The highest BCUT2D eigenvalue weighted by molar-refractivity contribution is 5.74. The molecular formula is C19H29N3O. The third-order valence-electron chi connectivity index (χ3n) is 5.30. The van der Waals surface area contributed by atoms with Crippen molar-refractivity contribution in [2.45, 2.75) is 33.1 Å². The Morgan fingerprint density at radius 2 is 1.83 bits per heavy atom. The molecule has 3 rings (SSSR count). The monoisotopic (exact) mass is 315 g/mol. The predicted octanol–water partition coefficient (Wildman–Crippen LogP) is 3.26. The molecule has 2 fully saturated rings. The van der Waals surface area contributed by atoms with Gasteiger partial charge in [-0.3, -0.25) is 0 Å². The number of aryl methyl sites for hydroxylation is 1. The summed E-state index contributed by atoms with van der Waals surface area (Å²) in [6.45, 7) is 9.14. The van der Waals surface area contributed by atoms with Crippen molar-refractivity contribution in [2.75, 3.05) is 37.6 Å². The molecule has 2 aliphatic rings. The number of benzene rings is 1. The highest BCUT2D eigenvalue weighted by Crippen LogP contribution is 2.24. The van der Waals surface area contributed by atoms with Gasteiger partial charge in [0, 0.05) is 38.4 Å². The Balaban J connectivity index is 1.43. The van der Waals surface area contributed by atoms with Crippen LogP contribution in [0.4, 0.5) is 10.5 Å². The molecule has 1 aromatic carbocycles. The van der Waals surface area contributed by atoms with Gasteiger partial charge in [-0.2, -0.15) is 0 Å². The number of hydrogen-bond acceptors (Lipinski definition) is 2. The summed E-state index contributed by atoms with van der Waals surface area (Å²) in [5.74, 6) is 1.32. The SMILES string of the molecule is Cc1ccc(N2CCC(CNC(=O)N3CCC(C)CC3)C2)cc1. The summed E-state index contributed by atoms with van der Waals surface area (Å²) >= 11 is 0. The molecule has 1 N–H and O–H groups in total. The van der Waals surface area contributed by atoms with Gasteiger partial charge in [-0.25, -0.2) is 4.79 Å². The number of amides is 2. The van der Waals surface area contributed by atoms with E-state index in [9.17, 15) is 4.79 Å². The van der Waals surface area contributed by atoms with Crippen LogP contribution in [0, 0.1) is 18.8 Å². The third-order valence-corrected chi connectivity index (χ3v) is 5.30. The number of carbonyl (C=O) groups excluding carboxylic acids is 1. The number of urea groups is 1. The highest BCUT2D eigenvalue weighted by Gasteiger charge is 2.25. The summed E-state index contributed by atoms with van der Waals surface area (Å²) < 4.78 is 0. The van der Waals surface area contributed by atoms with Crippen molar-refractivity contribution in [3.05, 3.63) is 29.8 Å². The maximum atomic E-state index is 12.3. The molecule has 2 heterocycles. The molecular weight excluding hydrogens is 286 g/mol. The van der Waals surface area contributed by atoms with Gasteiger partial charge in [0.2, 0.25) is 0 Å². The molecule has 0 spiro atoms. The first kappa shape index (κ1) is 16.2. The van der Waals surface area contributed by atoms with E-state index in [1.165, 1.54) is 11.3 Å². The van der Waals surface area contributed by atoms with Gasteiger partial charge in [0.25, 0.3) is 0 Å². The minimum Gasteiger partial charge on any atom is -0.371 e. The summed E-state index contributed by atoms with van der Waals surface area (Å²) in [4.78, 5) is 16.7. The van der Waals surface area contributed by atoms with Gasteiger partial charge < -0.3 is 15.1 Å². The van der Waals surface area contributed by atoms with E-state index in [1.807, 2.05) is 4.90 Å². The molecule has 2 aliphatic heterocycles. The van der Waals surface area contributed by atoms with Gasteiger partial charge in [0.05, 0.1) is 0 Å². The fraction of sp³-hybridized carbons (Fsp3) is 0.632. The predicted molar refractivity (Wildman–Crippen MR) is 94.9 cm³/mol. The Morgan fingerprint density at radius 1 is 1.13 bits per heavy atom. The average Bonchev–Trinajstić information content (AvgIpc) is 3.03. The second kappa shape index (κ2) is 7.24. The number of nitrogens with one attached hydrogen (secondary N) is 1. The van der Waals surface area contributed by atoms with E-state index in [1.54, 1.807) is 0 Å². The topological polar surface area (TPSA) is 35.6 Å². The Labute approximate surface area is 139 Å². The van der Waals surface area contributed by atoms with Crippen LogP contribution in [0.5, 0.6) is 0 Å². The Morgan fingerprint density at radius 3 is 2.52 bits per heavy atom. The molecule has 23 heavy (non-hydrogen) atoms. The quantitative estimate of drug-likeness (QED) is 0.929. The molecule has 0 bridgehead atoms. The zero-order chi connectivity index (χ0) is 16.2. The fourth-order valence-corrected chi connectivity index (χ4v) is 3.54. The van der Waals surface area contributed by atoms with Crippen LogP contribution in [0.25, 0.3) is 0 Å². The number of rotatable bonds is 3. The number of carbonyl (C=O) groups is 1. The first-order valence-electron chi connectivity index (χ1n) is 8.96. The largest absolute Gasteiger partial charge is 0.371 e. The van der Waals surface area contributed by atoms with E-state index < -0.39 is 0 Å². The van der Waals surface area contributed by atoms with Crippen molar-refractivity contribution in [3.8, 4) is 0 Å². The second-order valence-electron chi connectivity index (χ2n) is 7.29. The minimum atomic E-state index is 0.130. The first-order chi connectivity index (χ1) is 11.1. The highest BCUT2D eigenvalue weighted by atomic mass is 16.2. The van der Waals surface area contributed by atoms with Crippen molar-refractivity contribution in [3.63, 3.8) is 0 Å². The van der Waals surface area contributed by atoms with Crippen LogP contribution in [-0.2, 0) is 0 Å². The minimum absolute atomic E-state index is 0.130. The second-order valence-corrected chi connectivity index (χ2v) is 7.29. The van der Waals surface area contributed by atoms with Crippen molar-refractivity contribution in [1.82, 2.24) is 10.2 Å². The fourth-order valence-electron chi connectivity index (χ4n) is 3.54. The van der Waals surface area contributed by atoms with E-state index >= 15 is 0 Å². The Kier molecular flexibility index (Phi) is 5.09. The number of nitrogens with zero attached hydrogens (tertiary/aromatic N) is 2. The number of likely N-dealkylation sites (tertiary alicyclic amines) is 1. The molecule has 1 unspecified atom stereocenters. The maximum absolute atomic E-state index is 12.3. The van der Waals surface area contributed by atoms with Crippen LogP contribution >= 0.6 is 0 Å². The Bertz CT molecular complexity index is 520. The van der Waals surface area contributed by atoms with Crippen molar-refractivity contribution in [1.29, 1.82) is 0 Å². The van der Waals surface area contributed by atoms with Gasteiger partial charge in [-0.05, 0) is 50.2 Å². The lowest BCUT2D eigenvalue weighted by Gasteiger charge is -2.30. The normalized spacial score (nSPS) is 22.4. The van der Waals surface area contributed by atoms with Crippen LogP contribution in [0.1, 0.15) is 31.7 Å². The van der Waals surface area contributed by atoms with E-state index in [2.05, 4.69) is 48.3 Å².